The van der Waals surface area contributed by atoms with Gasteiger partial charge in [-0.1, -0.05) is 5.16 Å². The summed E-state index contributed by atoms with van der Waals surface area (Å²) in [6.07, 6.45) is 4.11. The minimum atomic E-state index is -1.82. The van der Waals surface area contributed by atoms with E-state index >= 15 is 0 Å². The zero-order valence-electron chi connectivity index (χ0n) is 8.42. The predicted octanol–water partition coefficient (Wildman–Crippen LogP) is 0.255. The molecule has 1 aliphatic rings. The smallest absolute Gasteiger partial charge is 0.414 e. The molecule has 1 fully saturated rings. The van der Waals surface area contributed by atoms with Gasteiger partial charge in [0.1, 0.15) is 0 Å². The summed E-state index contributed by atoms with van der Waals surface area (Å²) < 4.78 is 5.00. The average molecular weight is 228 g/mol. The lowest BCUT2D eigenvalue weighted by atomic mass is 10.2. The number of aromatic nitrogens is 1. The van der Waals surface area contributed by atoms with Gasteiger partial charge in [-0.05, 0) is 19.4 Å². The summed E-state index contributed by atoms with van der Waals surface area (Å²) in [5.41, 5.74) is 0. The number of aliphatic carboxylic acids is 2. The van der Waals surface area contributed by atoms with E-state index in [1.54, 1.807) is 6.20 Å². The number of hydrogen-bond acceptors (Lipinski definition) is 5. The van der Waals surface area contributed by atoms with Crippen LogP contribution in [-0.4, -0.2) is 33.9 Å². The van der Waals surface area contributed by atoms with Gasteiger partial charge in [0.25, 0.3) is 0 Å². The Hall–Kier alpha value is -1.89. The number of nitrogens with one attached hydrogen (secondary N) is 1. The molecule has 1 aliphatic heterocycles. The fourth-order valence-corrected chi connectivity index (χ4v) is 1.33. The molecule has 0 aliphatic carbocycles. The van der Waals surface area contributed by atoms with Crippen LogP contribution in [0.5, 0.6) is 0 Å². The molecule has 7 heteroatoms. The van der Waals surface area contributed by atoms with Gasteiger partial charge in [0.05, 0.1) is 12.2 Å². The van der Waals surface area contributed by atoms with Crippen molar-refractivity contribution < 1.29 is 24.3 Å². The Kier molecular flexibility index (Phi) is 4.46. The summed E-state index contributed by atoms with van der Waals surface area (Å²) in [5.74, 6) is -2.68. The first-order valence-electron chi connectivity index (χ1n) is 4.71. The summed E-state index contributed by atoms with van der Waals surface area (Å²) in [5, 5.41) is 21.8. The molecule has 3 N–H and O–H groups in total. The van der Waals surface area contributed by atoms with Crippen LogP contribution in [0.25, 0.3) is 0 Å². The van der Waals surface area contributed by atoms with Gasteiger partial charge in [0, 0.05) is 6.07 Å². The SMILES string of the molecule is O=C(O)C(=O)O.c1cc(C2CCCN2)on1. The largest absolute Gasteiger partial charge is 0.473 e. The average Bonchev–Trinajstić information content (AvgIpc) is 2.91. The first kappa shape index (κ1) is 12.2. The highest BCUT2D eigenvalue weighted by atomic mass is 16.5. The van der Waals surface area contributed by atoms with Crippen molar-refractivity contribution in [2.45, 2.75) is 18.9 Å². The second-order valence-corrected chi connectivity index (χ2v) is 3.17. The van der Waals surface area contributed by atoms with E-state index in [9.17, 15) is 0 Å². The number of nitrogens with zero attached hydrogens (tertiary/aromatic N) is 1. The number of carbonyl (C=O) groups is 2. The normalized spacial score (nSPS) is 18.6. The maximum absolute atomic E-state index is 9.10. The van der Waals surface area contributed by atoms with Gasteiger partial charge in [-0.15, -0.1) is 0 Å². The third-order valence-corrected chi connectivity index (χ3v) is 2.04. The highest BCUT2D eigenvalue weighted by Gasteiger charge is 2.18. The van der Waals surface area contributed by atoms with Crippen molar-refractivity contribution in [2.24, 2.45) is 0 Å². The molecule has 1 unspecified atom stereocenters. The second kappa shape index (κ2) is 5.86. The predicted molar refractivity (Wildman–Crippen MR) is 51.8 cm³/mol. The second-order valence-electron chi connectivity index (χ2n) is 3.17. The van der Waals surface area contributed by atoms with Crippen molar-refractivity contribution in [1.29, 1.82) is 0 Å². The molecule has 0 radical (unpaired) electrons. The van der Waals surface area contributed by atoms with Crippen LogP contribution in [0, 0.1) is 0 Å². The Balaban J connectivity index is 0.000000187. The molecule has 1 atom stereocenters. The first-order valence-corrected chi connectivity index (χ1v) is 4.71. The summed E-state index contributed by atoms with van der Waals surface area (Å²) in [4.78, 5) is 18.2. The van der Waals surface area contributed by atoms with E-state index in [0.717, 1.165) is 12.3 Å². The minimum Gasteiger partial charge on any atom is -0.473 e. The van der Waals surface area contributed by atoms with E-state index in [1.807, 2.05) is 6.07 Å². The maximum Gasteiger partial charge on any atom is 0.414 e. The fraction of sp³-hybridized carbons (Fsp3) is 0.444. The molecule has 7 nitrogen and oxygen atoms in total. The Morgan fingerprint density at radius 3 is 2.50 bits per heavy atom. The van der Waals surface area contributed by atoms with E-state index in [-0.39, 0.29) is 0 Å². The van der Waals surface area contributed by atoms with E-state index in [1.165, 1.54) is 12.8 Å². The molecule has 1 aromatic heterocycles. The molecule has 0 spiro atoms. The summed E-state index contributed by atoms with van der Waals surface area (Å²) in [6.45, 7) is 1.10. The van der Waals surface area contributed by atoms with Crippen molar-refractivity contribution in [3.8, 4) is 0 Å². The third-order valence-electron chi connectivity index (χ3n) is 2.04. The van der Waals surface area contributed by atoms with Gasteiger partial charge < -0.3 is 20.1 Å². The van der Waals surface area contributed by atoms with Gasteiger partial charge in [0.2, 0.25) is 0 Å². The van der Waals surface area contributed by atoms with Crippen LogP contribution in [0.4, 0.5) is 0 Å². The zero-order chi connectivity index (χ0) is 12.0. The topological polar surface area (TPSA) is 113 Å². The Morgan fingerprint density at radius 1 is 1.44 bits per heavy atom. The molecule has 16 heavy (non-hydrogen) atoms. The molecule has 88 valence electrons. The van der Waals surface area contributed by atoms with Crippen LogP contribution >= 0.6 is 0 Å². The lowest BCUT2D eigenvalue weighted by Gasteiger charge is -2.02. The van der Waals surface area contributed by atoms with Gasteiger partial charge in [-0.2, -0.15) is 0 Å². The highest BCUT2D eigenvalue weighted by Crippen LogP contribution is 2.21. The summed E-state index contributed by atoms with van der Waals surface area (Å²) in [7, 11) is 0. The molecule has 0 amide bonds. The quantitative estimate of drug-likeness (QED) is 0.590. The van der Waals surface area contributed by atoms with Crippen molar-refractivity contribution >= 4 is 11.9 Å². The van der Waals surface area contributed by atoms with Gasteiger partial charge in [-0.3, -0.25) is 0 Å². The van der Waals surface area contributed by atoms with Crippen molar-refractivity contribution in [3.05, 3.63) is 18.0 Å². The van der Waals surface area contributed by atoms with E-state index in [0.29, 0.717) is 6.04 Å². The maximum atomic E-state index is 9.10. The molecule has 2 rings (SSSR count). The first-order chi connectivity index (χ1) is 7.61. The minimum absolute atomic E-state index is 0.419. The van der Waals surface area contributed by atoms with Crippen LogP contribution in [0.3, 0.4) is 0 Å². The lowest BCUT2D eigenvalue weighted by Crippen LogP contribution is -2.11. The molecular weight excluding hydrogens is 216 g/mol. The van der Waals surface area contributed by atoms with Crippen LogP contribution in [0.15, 0.2) is 16.8 Å². The Bertz CT molecular complexity index is 331. The van der Waals surface area contributed by atoms with E-state index in [4.69, 9.17) is 24.3 Å². The molecule has 1 aromatic rings. The summed E-state index contributed by atoms with van der Waals surface area (Å²) >= 11 is 0. The Morgan fingerprint density at radius 2 is 2.12 bits per heavy atom. The van der Waals surface area contributed by atoms with Crippen molar-refractivity contribution in [1.82, 2.24) is 10.5 Å². The van der Waals surface area contributed by atoms with Crippen LogP contribution < -0.4 is 5.32 Å². The molecule has 0 saturated carbocycles. The fourth-order valence-electron chi connectivity index (χ4n) is 1.33. The number of hydrogen-bond donors (Lipinski definition) is 3. The molecular formula is C9H12N2O5. The Labute approximate surface area is 91.0 Å². The van der Waals surface area contributed by atoms with E-state index < -0.39 is 11.9 Å². The van der Waals surface area contributed by atoms with Crippen LogP contribution in [0.2, 0.25) is 0 Å². The molecule has 1 saturated heterocycles. The molecule has 0 aromatic carbocycles. The third kappa shape index (κ3) is 3.70. The van der Waals surface area contributed by atoms with Gasteiger partial charge >= 0.3 is 11.9 Å². The molecule has 0 bridgehead atoms. The van der Waals surface area contributed by atoms with Crippen molar-refractivity contribution in [3.63, 3.8) is 0 Å². The van der Waals surface area contributed by atoms with E-state index in [2.05, 4.69) is 10.5 Å². The van der Waals surface area contributed by atoms with Crippen molar-refractivity contribution in [2.75, 3.05) is 6.54 Å². The number of carboxylic acid groups (broad SMARTS) is 2. The van der Waals surface area contributed by atoms with Crippen LogP contribution in [0.1, 0.15) is 24.6 Å². The van der Waals surface area contributed by atoms with Crippen LogP contribution in [-0.2, 0) is 9.59 Å². The molecule has 2 heterocycles. The monoisotopic (exact) mass is 228 g/mol. The standard InChI is InChI=1S/C7H10N2O.C2H2O4/c1-2-6(8-4-1)7-3-5-9-10-7;3-1(4)2(5)6/h3,5-6,8H,1-2,4H2;(H,3,4)(H,5,6). The summed E-state index contributed by atoms with van der Waals surface area (Å²) in [6, 6.07) is 2.34. The number of rotatable bonds is 1. The van der Waals surface area contributed by atoms with Gasteiger partial charge in [-0.25, -0.2) is 9.59 Å². The van der Waals surface area contributed by atoms with Gasteiger partial charge in [0.15, 0.2) is 5.76 Å². The highest BCUT2D eigenvalue weighted by molar-refractivity contribution is 6.27. The number of carboxylic acids is 2. The lowest BCUT2D eigenvalue weighted by molar-refractivity contribution is -0.159. The zero-order valence-corrected chi connectivity index (χ0v) is 8.42.